The number of benzene rings is 1. The highest BCUT2D eigenvalue weighted by Crippen LogP contribution is 2.07. The summed E-state index contributed by atoms with van der Waals surface area (Å²) in [6, 6.07) is 8.23. The van der Waals surface area contributed by atoms with Gasteiger partial charge in [-0.15, -0.1) is 0 Å². The van der Waals surface area contributed by atoms with Gasteiger partial charge in [0, 0.05) is 0 Å². The van der Waals surface area contributed by atoms with Gasteiger partial charge in [-0.2, -0.15) is 4.98 Å². The van der Waals surface area contributed by atoms with Crippen LogP contribution in [-0.2, 0) is 11.2 Å². The molecule has 2 heterocycles. The third-order valence-corrected chi connectivity index (χ3v) is 3.84. The Balaban J connectivity index is 1.76. The van der Waals surface area contributed by atoms with E-state index in [9.17, 15) is 19.5 Å². The minimum absolute atomic E-state index is 0.0698. The molecule has 0 saturated heterocycles. The normalized spacial score (nSPS) is 11.9. The van der Waals surface area contributed by atoms with Crippen molar-refractivity contribution in [2.24, 2.45) is 0 Å². The van der Waals surface area contributed by atoms with Crippen LogP contribution in [0.2, 0.25) is 0 Å². The fraction of sp³-hybridized carbons (Fsp3) is 0.176. The number of nitrogens with zero attached hydrogens (tertiary/aromatic N) is 3. The van der Waals surface area contributed by atoms with E-state index in [0.717, 1.165) is 11.8 Å². The lowest BCUT2D eigenvalue weighted by molar-refractivity contribution is -0.139. The number of nitrogens with two attached hydrogens (primary N) is 1. The van der Waals surface area contributed by atoms with Gasteiger partial charge in [-0.05, 0) is 18.4 Å². The van der Waals surface area contributed by atoms with Crippen molar-refractivity contribution in [2.45, 2.75) is 18.9 Å². The molecular weight excluding hydrogens is 352 g/mol. The van der Waals surface area contributed by atoms with Crippen LogP contribution in [-0.4, -0.2) is 43.0 Å². The van der Waals surface area contributed by atoms with Gasteiger partial charge in [-0.25, -0.2) is 14.8 Å². The first-order valence-corrected chi connectivity index (χ1v) is 8.04. The molecule has 0 aliphatic rings. The molecule has 0 aliphatic heterocycles. The van der Waals surface area contributed by atoms with E-state index in [1.165, 1.54) is 0 Å². The molecule has 27 heavy (non-hydrogen) atoms. The standard InChI is InChI=1S/C17H16N6O4/c18-17-22-13-12(15(25)23-17)19-8-11(20-13)14(24)21-10(16(26)27)7-6-9-4-2-1-3-5-9/h1-5,8,10H,6-7H2,(H,21,24)(H,26,27)(H3,18,20,22,23,25)/t10-/m1/s1. The number of aromatic nitrogens is 4. The van der Waals surface area contributed by atoms with Gasteiger partial charge in [0.1, 0.15) is 11.7 Å². The summed E-state index contributed by atoms with van der Waals surface area (Å²) >= 11 is 0. The smallest absolute Gasteiger partial charge is 0.326 e. The van der Waals surface area contributed by atoms with Gasteiger partial charge in [0.15, 0.2) is 11.2 Å². The van der Waals surface area contributed by atoms with Crippen molar-refractivity contribution in [3.63, 3.8) is 0 Å². The zero-order valence-corrected chi connectivity index (χ0v) is 14.0. The Morgan fingerprint density at radius 1 is 1.22 bits per heavy atom. The van der Waals surface area contributed by atoms with Crippen molar-refractivity contribution in [3.05, 3.63) is 58.1 Å². The fourth-order valence-electron chi connectivity index (χ4n) is 2.49. The summed E-state index contributed by atoms with van der Waals surface area (Å²) in [6.07, 6.45) is 1.77. The second-order valence-electron chi connectivity index (χ2n) is 5.77. The number of nitrogen functional groups attached to an aromatic ring is 1. The highest BCUT2D eigenvalue weighted by molar-refractivity contribution is 5.95. The van der Waals surface area contributed by atoms with E-state index in [-0.39, 0.29) is 29.2 Å². The molecule has 3 rings (SSSR count). The van der Waals surface area contributed by atoms with Crippen LogP contribution in [0.15, 0.2) is 41.3 Å². The van der Waals surface area contributed by atoms with Crippen LogP contribution in [0.1, 0.15) is 22.5 Å². The summed E-state index contributed by atoms with van der Waals surface area (Å²) in [7, 11) is 0. The molecular formula is C17H16N6O4. The van der Waals surface area contributed by atoms with Gasteiger partial charge < -0.3 is 16.2 Å². The van der Waals surface area contributed by atoms with E-state index in [0.29, 0.717) is 6.42 Å². The molecule has 2 aromatic heterocycles. The predicted molar refractivity (Wildman–Crippen MR) is 96.0 cm³/mol. The summed E-state index contributed by atoms with van der Waals surface area (Å²) in [5.41, 5.74) is 5.51. The number of hydrogen-bond acceptors (Lipinski definition) is 7. The number of nitrogens with one attached hydrogen (secondary N) is 2. The Kier molecular flexibility index (Phi) is 5.06. The van der Waals surface area contributed by atoms with E-state index < -0.39 is 23.5 Å². The molecule has 1 aromatic carbocycles. The number of fused-ring (bicyclic) bond motifs is 1. The number of H-pyrrole nitrogens is 1. The number of carboxylic acids is 1. The van der Waals surface area contributed by atoms with Crippen molar-refractivity contribution < 1.29 is 14.7 Å². The van der Waals surface area contributed by atoms with E-state index in [4.69, 9.17) is 5.73 Å². The second-order valence-corrected chi connectivity index (χ2v) is 5.77. The molecule has 0 saturated carbocycles. The third kappa shape index (κ3) is 4.24. The molecule has 0 spiro atoms. The molecule has 1 atom stereocenters. The van der Waals surface area contributed by atoms with Crippen LogP contribution in [0.5, 0.6) is 0 Å². The number of rotatable bonds is 6. The van der Waals surface area contributed by atoms with Crippen molar-refractivity contribution in [1.82, 2.24) is 25.3 Å². The molecule has 0 unspecified atom stereocenters. The largest absolute Gasteiger partial charge is 0.480 e. The minimum atomic E-state index is -1.16. The van der Waals surface area contributed by atoms with Crippen LogP contribution in [0.3, 0.4) is 0 Å². The van der Waals surface area contributed by atoms with E-state index in [2.05, 4.69) is 25.3 Å². The summed E-state index contributed by atoms with van der Waals surface area (Å²) in [5.74, 6) is -2.05. The van der Waals surface area contributed by atoms with Crippen molar-refractivity contribution in [3.8, 4) is 0 Å². The number of aryl methyl sites for hydroxylation is 1. The maximum absolute atomic E-state index is 12.4. The molecule has 0 aliphatic carbocycles. The zero-order valence-electron chi connectivity index (χ0n) is 14.0. The Hall–Kier alpha value is -3.82. The topological polar surface area (TPSA) is 164 Å². The Morgan fingerprint density at radius 3 is 2.67 bits per heavy atom. The van der Waals surface area contributed by atoms with Crippen molar-refractivity contribution >= 4 is 29.0 Å². The summed E-state index contributed by atoms with van der Waals surface area (Å²) in [4.78, 5) is 49.4. The van der Waals surface area contributed by atoms with E-state index >= 15 is 0 Å². The molecule has 10 nitrogen and oxygen atoms in total. The number of amides is 1. The number of carbonyl (C=O) groups is 2. The third-order valence-electron chi connectivity index (χ3n) is 3.84. The number of aromatic amines is 1. The SMILES string of the molecule is Nc1nc2nc(C(=O)N[C@H](CCc3ccccc3)C(=O)O)cnc2c(=O)[nH]1. The first-order valence-electron chi connectivity index (χ1n) is 8.04. The van der Waals surface area contributed by atoms with Crippen LogP contribution in [0.4, 0.5) is 5.95 Å². The first kappa shape index (κ1) is 18.0. The Morgan fingerprint density at radius 2 is 1.96 bits per heavy atom. The number of anilines is 1. The Labute approximate surface area is 152 Å². The molecule has 0 bridgehead atoms. The summed E-state index contributed by atoms with van der Waals surface area (Å²) < 4.78 is 0. The molecule has 3 aromatic rings. The Bertz CT molecular complexity index is 1050. The van der Waals surface area contributed by atoms with E-state index in [1.54, 1.807) is 0 Å². The van der Waals surface area contributed by atoms with E-state index in [1.807, 2.05) is 30.3 Å². The summed E-state index contributed by atoms with van der Waals surface area (Å²) in [6.45, 7) is 0. The van der Waals surface area contributed by atoms with Gasteiger partial charge in [-0.1, -0.05) is 30.3 Å². The number of carboxylic acid groups (broad SMARTS) is 1. The molecule has 10 heteroatoms. The highest BCUT2D eigenvalue weighted by Gasteiger charge is 2.22. The van der Waals surface area contributed by atoms with Crippen LogP contribution >= 0.6 is 0 Å². The number of hydrogen-bond donors (Lipinski definition) is 4. The van der Waals surface area contributed by atoms with Gasteiger partial charge in [-0.3, -0.25) is 14.6 Å². The highest BCUT2D eigenvalue weighted by atomic mass is 16.4. The lowest BCUT2D eigenvalue weighted by atomic mass is 10.1. The van der Waals surface area contributed by atoms with Crippen molar-refractivity contribution in [1.29, 1.82) is 0 Å². The average molecular weight is 368 g/mol. The van der Waals surface area contributed by atoms with Crippen molar-refractivity contribution in [2.75, 3.05) is 5.73 Å². The maximum atomic E-state index is 12.4. The first-order chi connectivity index (χ1) is 12.9. The fourth-order valence-corrected chi connectivity index (χ4v) is 2.49. The second kappa shape index (κ2) is 7.60. The molecule has 5 N–H and O–H groups in total. The van der Waals surface area contributed by atoms with Gasteiger partial charge >= 0.3 is 5.97 Å². The maximum Gasteiger partial charge on any atom is 0.326 e. The van der Waals surface area contributed by atoms with Crippen LogP contribution in [0.25, 0.3) is 11.2 Å². The van der Waals surface area contributed by atoms with Crippen LogP contribution < -0.4 is 16.6 Å². The molecule has 138 valence electrons. The van der Waals surface area contributed by atoms with Gasteiger partial charge in [0.2, 0.25) is 5.95 Å². The number of carbonyl (C=O) groups excluding carboxylic acids is 1. The lowest BCUT2D eigenvalue weighted by Crippen LogP contribution is -2.41. The monoisotopic (exact) mass is 368 g/mol. The lowest BCUT2D eigenvalue weighted by Gasteiger charge is -2.14. The van der Waals surface area contributed by atoms with Gasteiger partial charge in [0.05, 0.1) is 6.20 Å². The zero-order chi connectivity index (χ0) is 19.4. The minimum Gasteiger partial charge on any atom is -0.480 e. The molecule has 0 fully saturated rings. The average Bonchev–Trinajstić information content (AvgIpc) is 2.64. The van der Waals surface area contributed by atoms with Gasteiger partial charge in [0.25, 0.3) is 11.5 Å². The molecule has 0 radical (unpaired) electrons. The molecule has 1 amide bonds. The summed E-state index contributed by atoms with van der Waals surface area (Å²) in [5, 5.41) is 11.8. The number of aliphatic carboxylic acids is 1. The quantitative estimate of drug-likeness (QED) is 0.476. The predicted octanol–water partition coefficient (Wildman–Crippen LogP) is 0.111. The van der Waals surface area contributed by atoms with Crippen LogP contribution in [0, 0.1) is 0 Å².